The minimum absolute atomic E-state index is 0.00470. The summed E-state index contributed by atoms with van der Waals surface area (Å²) in [5, 5.41) is 9.35. The van der Waals surface area contributed by atoms with Crippen LogP contribution in [0.15, 0.2) is 12.7 Å². The van der Waals surface area contributed by atoms with Crippen LogP contribution in [0.3, 0.4) is 0 Å². The molecule has 1 heterocycles. The van der Waals surface area contributed by atoms with Crippen LogP contribution in [0, 0.1) is 5.41 Å². The summed E-state index contributed by atoms with van der Waals surface area (Å²) in [5.74, 6) is -0.00470. The highest BCUT2D eigenvalue weighted by atomic mass is 16.3. The Kier molecular flexibility index (Phi) is 4.10. The van der Waals surface area contributed by atoms with Crippen LogP contribution in [0.1, 0.15) is 13.8 Å². The molecule has 1 N–H and O–H groups in total. The lowest BCUT2D eigenvalue weighted by molar-refractivity contribution is -0.135. The van der Waals surface area contributed by atoms with E-state index in [4.69, 9.17) is 0 Å². The molecule has 0 aliphatic carbocycles. The predicted octanol–water partition coefficient (Wildman–Crippen LogP) is 0.333. The molecule has 4 nitrogen and oxygen atoms in total. The number of carbonyl (C=O) groups excluding carboxylic acids is 1. The first kappa shape index (κ1) is 13.2. The predicted molar refractivity (Wildman–Crippen MR) is 64.1 cm³/mol. The van der Waals surface area contributed by atoms with Crippen LogP contribution in [0.25, 0.3) is 0 Å². The Balaban J connectivity index is 2.95. The van der Waals surface area contributed by atoms with E-state index in [1.54, 1.807) is 18.0 Å². The van der Waals surface area contributed by atoms with Gasteiger partial charge in [0.1, 0.15) is 6.04 Å². The number of rotatable bonds is 3. The van der Waals surface area contributed by atoms with Crippen LogP contribution in [0.4, 0.5) is 0 Å². The first-order valence-electron chi connectivity index (χ1n) is 5.62. The third kappa shape index (κ3) is 2.83. The Hall–Kier alpha value is -0.870. The van der Waals surface area contributed by atoms with E-state index in [-0.39, 0.29) is 17.9 Å². The molecule has 4 heteroatoms. The SMILES string of the molecule is C=CCN1CC(C)(C)CN(C)C(=O)C1CO. The highest BCUT2D eigenvalue weighted by Gasteiger charge is 2.37. The first-order chi connectivity index (χ1) is 7.41. The molecule has 1 rings (SSSR count). The number of aliphatic hydroxyl groups is 1. The second kappa shape index (κ2) is 4.97. The van der Waals surface area contributed by atoms with Gasteiger partial charge in [-0.15, -0.1) is 6.58 Å². The van der Waals surface area contributed by atoms with Crippen molar-refractivity contribution in [2.24, 2.45) is 5.41 Å². The van der Waals surface area contributed by atoms with Gasteiger partial charge in [-0.3, -0.25) is 9.69 Å². The van der Waals surface area contributed by atoms with Crippen LogP contribution in [-0.2, 0) is 4.79 Å². The minimum atomic E-state index is -0.426. The van der Waals surface area contributed by atoms with Crippen molar-refractivity contribution in [1.29, 1.82) is 0 Å². The fraction of sp³-hybridized carbons (Fsp3) is 0.750. The molecule has 92 valence electrons. The van der Waals surface area contributed by atoms with Crippen molar-refractivity contribution in [3.8, 4) is 0 Å². The topological polar surface area (TPSA) is 43.8 Å². The van der Waals surface area contributed by atoms with Gasteiger partial charge in [-0.05, 0) is 5.41 Å². The van der Waals surface area contributed by atoms with Gasteiger partial charge < -0.3 is 10.0 Å². The maximum atomic E-state index is 12.0. The minimum Gasteiger partial charge on any atom is -0.394 e. The molecule has 0 saturated carbocycles. The molecule has 0 spiro atoms. The zero-order valence-electron chi connectivity index (χ0n) is 10.4. The normalized spacial score (nSPS) is 26.6. The van der Waals surface area contributed by atoms with Gasteiger partial charge >= 0.3 is 0 Å². The van der Waals surface area contributed by atoms with Crippen molar-refractivity contribution >= 4 is 5.91 Å². The van der Waals surface area contributed by atoms with Gasteiger partial charge in [-0.25, -0.2) is 0 Å². The van der Waals surface area contributed by atoms with Gasteiger partial charge in [0.2, 0.25) is 5.91 Å². The standard InChI is InChI=1S/C12H22N2O2/c1-5-6-14-9-12(2,3)8-13(4)11(16)10(14)7-15/h5,10,15H,1,6-9H2,2-4H3. The Morgan fingerprint density at radius 3 is 2.69 bits per heavy atom. The molecule has 0 aromatic carbocycles. The summed E-state index contributed by atoms with van der Waals surface area (Å²) in [7, 11) is 1.80. The fourth-order valence-corrected chi connectivity index (χ4v) is 2.39. The number of aliphatic hydroxyl groups excluding tert-OH is 1. The van der Waals surface area contributed by atoms with E-state index >= 15 is 0 Å². The number of hydrogen-bond acceptors (Lipinski definition) is 3. The number of amides is 1. The van der Waals surface area contributed by atoms with E-state index in [1.807, 2.05) is 4.90 Å². The van der Waals surface area contributed by atoms with E-state index in [2.05, 4.69) is 20.4 Å². The molecule has 1 saturated heterocycles. The van der Waals surface area contributed by atoms with Crippen molar-refractivity contribution in [3.63, 3.8) is 0 Å². The lowest BCUT2D eigenvalue weighted by Crippen LogP contribution is -2.47. The monoisotopic (exact) mass is 226 g/mol. The van der Waals surface area contributed by atoms with Crippen LogP contribution < -0.4 is 0 Å². The zero-order valence-corrected chi connectivity index (χ0v) is 10.4. The molecule has 0 aromatic rings. The van der Waals surface area contributed by atoms with Gasteiger partial charge in [0.15, 0.2) is 0 Å². The largest absolute Gasteiger partial charge is 0.394 e. The lowest BCUT2D eigenvalue weighted by Gasteiger charge is -2.30. The average molecular weight is 226 g/mol. The third-order valence-electron chi connectivity index (χ3n) is 2.93. The highest BCUT2D eigenvalue weighted by molar-refractivity contribution is 5.82. The molecule has 0 bridgehead atoms. The fourth-order valence-electron chi connectivity index (χ4n) is 2.39. The molecule has 1 unspecified atom stereocenters. The first-order valence-corrected chi connectivity index (χ1v) is 5.62. The van der Waals surface area contributed by atoms with Crippen molar-refractivity contribution in [3.05, 3.63) is 12.7 Å². The second-order valence-corrected chi connectivity index (χ2v) is 5.28. The molecule has 0 radical (unpaired) electrons. The summed E-state index contributed by atoms with van der Waals surface area (Å²) in [6, 6.07) is -0.426. The molecule has 1 aliphatic heterocycles. The molecule has 1 fully saturated rings. The van der Waals surface area contributed by atoms with Gasteiger partial charge in [0.05, 0.1) is 6.61 Å². The summed E-state index contributed by atoms with van der Waals surface area (Å²) in [6.07, 6.45) is 1.78. The Bertz CT molecular complexity index is 276. The molecular weight excluding hydrogens is 204 g/mol. The third-order valence-corrected chi connectivity index (χ3v) is 2.93. The maximum absolute atomic E-state index is 12.0. The van der Waals surface area contributed by atoms with Gasteiger partial charge in [0, 0.05) is 26.7 Å². The number of carbonyl (C=O) groups is 1. The Labute approximate surface area is 97.5 Å². The lowest BCUT2D eigenvalue weighted by atomic mass is 9.92. The molecule has 1 aliphatic rings. The van der Waals surface area contributed by atoms with E-state index in [1.165, 1.54) is 0 Å². The quantitative estimate of drug-likeness (QED) is 0.705. The van der Waals surface area contributed by atoms with Crippen LogP contribution in [-0.4, -0.2) is 60.1 Å². The number of hydrogen-bond donors (Lipinski definition) is 1. The second-order valence-electron chi connectivity index (χ2n) is 5.28. The van der Waals surface area contributed by atoms with Crippen LogP contribution in [0.2, 0.25) is 0 Å². The van der Waals surface area contributed by atoms with Gasteiger partial charge in [-0.1, -0.05) is 19.9 Å². The molecule has 1 atom stereocenters. The molecular formula is C12H22N2O2. The zero-order chi connectivity index (χ0) is 12.3. The molecule has 1 amide bonds. The van der Waals surface area contributed by atoms with E-state index in [0.29, 0.717) is 6.54 Å². The Morgan fingerprint density at radius 1 is 1.56 bits per heavy atom. The number of likely N-dealkylation sites (N-methyl/N-ethyl adjacent to an activating group) is 1. The Morgan fingerprint density at radius 2 is 2.19 bits per heavy atom. The molecule has 16 heavy (non-hydrogen) atoms. The van der Waals surface area contributed by atoms with Gasteiger partial charge in [-0.2, -0.15) is 0 Å². The average Bonchev–Trinajstić information content (AvgIpc) is 2.23. The van der Waals surface area contributed by atoms with Crippen molar-refractivity contribution in [2.75, 3.05) is 33.3 Å². The van der Waals surface area contributed by atoms with Gasteiger partial charge in [0.25, 0.3) is 0 Å². The van der Waals surface area contributed by atoms with Crippen molar-refractivity contribution in [1.82, 2.24) is 9.80 Å². The van der Waals surface area contributed by atoms with Crippen molar-refractivity contribution < 1.29 is 9.90 Å². The highest BCUT2D eigenvalue weighted by Crippen LogP contribution is 2.24. The maximum Gasteiger partial charge on any atom is 0.242 e. The smallest absolute Gasteiger partial charge is 0.242 e. The summed E-state index contributed by atoms with van der Waals surface area (Å²) in [6.45, 7) is 9.97. The summed E-state index contributed by atoms with van der Waals surface area (Å²) in [5.41, 5.74) is 0.0390. The molecule has 0 aromatic heterocycles. The van der Waals surface area contributed by atoms with E-state index in [0.717, 1.165) is 13.1 Å². The van der Waals surface area contributed by atoms with E-state index in [9.17, 15) is 9.90 Å². The summed E-state index contributed by atoms with van der Waals surface area (Å²) in [4.78, 5) is 15.8. The van der Waals surface area contributed by atoms with Crippen molar-refractivity contribution in [2.45, 2.75) is 19.9 Å². The number of nitrogens with zero attached hydrogens (tertiary/aromatic N) is 2. The van der Waals surface area contributed by atoms with E-state index < -0.39 is 6.04 Å². The summed E-state index contributed by atoms with van der Waals surface area (Å²) < 4.78 is 0. The van der Waals surface area contributed by atoms with Crippen LogP contribution >= 0.6 is 0 Å². The summed E-state index contributed by atoms with van der Waals surface area (Å²) >= 11 is 0. The van der Waals surface area contributed by atoms with Crippen LogP contribution in [0.5, 0.6) is 0 Å².